The molecule has 1 unspecified atom stereocenters. The van der Waals surface area contributed by atoms with Crippen LogP contribution in [0.2, 0.25) is 0 Å². The third kappa shape index (κ3) is 2.15. The topological polar surface area (TPSA) is 99.3 Å². The van der Waals surface area contributed by atoms with Gasteiger partial charge in [-0.1, -0.05) is 17.8 Å². The van der Waals surface area contributed by atoms with Crippen LogP contribution in [0.4, 0.5) is 0 Å². The van der Waals surface area contributed by atoms with Gasteiger partial charge in [0, 0.05) is 11.9 Å². The fraction of sp³-hybridized carbons (Fsp3) is 0.222. The summed E-state index contributed by atoms with van der Waals surface area (Å²) >= 11 is 1.36. The predicted molar refractivity (Wildman–Crippen MR) is 60.9 cm³/mol. The van der Waals surface area contributed by atoms with Gasteiger partial charge < -0.3 is 11.5 Å². The highest BCUT2D eigenvalue weighted by Crippen LogP contribution is 2.16. The van der Waals surface area contributed by atoms with Gasteiger partial charge in [0.25, 0.3) is 0 Å². The highest BCUT2D eigenvalue weighted by atomic mass is 32.2. The fourth-order valence-electron chi connectivity index (χ4n) is 1.16. The van der Waals surface area contributed by atoms with E-state index in [0.29, 0.717) is 10.9 Å². The lowest BCUT2D eigenvalue weighted by molar-refractivity contribution is -0.118. The molecule has 0 saturated carbocycles. The summed E-state index contributed by atoms with van der Waals surface area (Å²) < 4.78 is 1.83. The molecule has 0 fully saturated rings. The molecule has 6 nitrogen and oxygen atoms in total. The summed E-state index contributed by atoms with van der Waals surface area (Å²) in [5.41, 5.74) is 11.4. The molecular formula is C9H11N5OS. The van der Waals surface area contributed by atoms with E-state index < -0.39 is 11.9 Å². The van der Waals surface area contributed by atoms with Gasteiger partial charge in [0.1, 0.15) is 0 Å². The van der Waals surface area contributed by atoms with Crippen molar-refractivity contribution in [3.63, 3.8) is 0 Å². The molecule has 1 amide bonds. The molecule has 0 aliphatic heterocycles. The third-order valence-electron chi connectivity index (χ3n) is 2.04. The monoisotopic (exact) mass is 237 g/mol. The molecule has 0 bridgehead atoms. The first-order chi connectivity index (χ1) is 7.68. The highest BCUT2D eigenvalue weighted by Gasteiger charge is 2.12. The second-order valence-electron chi connectivity index (χ2n) is 3.23. The summed E-state index contributed by atoms with van der Waals surface area (Å²) in [6, 6.07) is 4.95. The van der Waals surface area contributed by atoms with E-state index >= 15 is 0 Å². The van der Waals surface area contributed by atoms with Crippen LogP contribution in [-0.4, -0.2) is 32.3 Å². The Hall–Kier alpha value is -1.60. The standard InChI is InChI=1S/C9H11N5OS/c10-6(8(11)15)5-16-9-13-12-7-3-1-2-4-14(7)9/h1-4,6H,5,10H2,(H2,11,15). The van der Waals surface area contributed by atoms with Gasteiger partial charge in [-0.05, 0) is 12.1 Å². The maximum absolute atomic E-state index is 10.8. The van der Waals surface area contributed by atoms with Crippen molar-refractivity contribution in [3.05, 3.63) is 24.4 Å². The number of pyridine rings is 1. The third-order valence-corrected chi connectivity index (χ3v) is 3.10. The number of nitrogens with zero attached hydrogens (tertiary/aromatic N) is 3. The molecule has 2 rings (SSSR count). The summed E-state index contributed by atoms with van der Waals surface area (Å²) in [5, 5.41) is 8.67. The van der Waals surface area contributed by atoms with Crippen molar-refractivity contribution in [1.82, 2.24) is 14.6 Å². The van der Waals surface area contributed by atoms with Gasteiger partial charge in [-0.2, -0.15) is 0 Å². The zero-order valence-electron chi connectivity index (χ0n) is 8.41. The van der Waals surface area contributed by atoms with Crippen LogP contribution in [0, 0.1) is 0 Å². The van der Waals surface area contributed by atoms with Crippen LogP contribution in [0.1, 0.15) is 0 Å². The van der Waals surface area contributed by atoms with E-state index in [1.807, 2.05) is 28.8 Å². The largest absolute Gasteiger partial charge is 0.368 e. The van der Waals surface area contributed by atoms with Gasteiger partial charge >= 0.3 is 0 Å². The lowest BCUT2D eigenvalue weighted by Crippen LogP contribution is -2.38. The quantitative estimate of drug-likeness (QED) is 0.707. The number of hydrogen-bond acceptors (Lipinski definition) is 5. The Kier molecular flexibility index (Phi) is 3.07. The molecule has 0 aromatic carbocycles. The molecule has 7 heteroatoms. The molecule has 2 aromatic heterocycles. The maximum atomic E-state index is 10.8. The normalized spacial score (nSPS) is 12.8. The van der Waals surface area contributed by atoms with Crippen molar-refractivity contribution < 1.29 is 4.79 Å². The Morgan fingerprint density at radius 1 is 1.50 bits per heavy atom. The first-order valence-corrected chi connectivity index (χ1v) is 5.64. The van der Waals surface area contributed by atoms with Gasteiger partial charge in [0.2, 0.25) is 5.91 Å². The Bertz CT molecular complexity index is 511. The van der Waals surface area contributed by atoms with Crippen LogP contribution in [0.5, 0.6) is 0 Å². The van der Waals surface area contributed by atoms with Crippen molar-refractivity contribution in [3.8, 4) is 0 Å². The molecule has 4 N–H and O–H groups in total. The molecule has 2 aromatic rings. The minimum absolute atomic E-state index is 0.394. The first-order valence-electron chi connectivity index (χ1n) is 4.66. The van der Waals surface area contributed by atoms with Crippen LogP contribution in [0.3, 0.4) is 0 Å². The zero-order valence-corrected chi connectivity index (χ0v) is 9.22. The summed E-state index contributed by atoms with van der Waals surface area (Å²) in [4.78, 5) is 10.8. The molecule has 84 valence electrons. The molecule has 0 spiro atoms. The van der Waals surface area contributed by atoms with Crippen molar-refractivity contribution in [2.75, 3.05) is 5.75 Å². The second kappa shape index (κ2) is 4.50. The minimum Gasteiger partial charge on any atom is -0.368 e. The van der Waals surface area contributed by atoms with Gasteiger partial charge in [0.05, 0.1) is 6.04 Å². The molecule has 1 atom stereocenters. The molecule has 0 aliphatic rings. The Morgan fingerprint density at radius 2 is 2.31 bits per heavy atom. The summed E-state index contributed by atoms with van der Waals surface area (Å²) in [5.74, 6) is -0.119. The van der Waals surface area contributed by atoms with E-state index in [1.165, 1.54) is 11.8 Å². The van der Waals surface area contributed by atoms with E-state index in [9.17, 15) is 4.79 Å². The molecule has 2 heterocycles. The van der Waals surface area contributed by atoms with E-state index in [2.05, 4.69) is 10.2 Å². The number of hydrogen-bond donors (Lipinski definition) is 2. The predicted octanol–water partition coefficient (Wildman–Crippen LogP) is -0.366. The SMILES string of the molecule is NC(=O)C(N)CSc1nnc2ccccn12. The molecule has 0 saturated heterocycles. The average molecular weight is 237 g/mol. The number of fused-ring (bicyclic) bond motifs is 1. The summed E-state index contributed by atoms with van der Waals surface area (Å²) in [7, 11) is 0. The number of carbonyl (C=O) groups is 1. The molecule has 0 aliphatic carbocycles. The number of thioether (sulfide) groups is 1. The molecule has 0 radical (unpaired) electrons. The number of amides is 1. The van der Waals surface area contributed by atoms with Crippen molar-refractivity contribution in [2.24, 2.45) is 11.5 Å². The van der Waals surface area contributed by atoms with Gasteiger partial charge in [-0.3, -0.25) is 9.20 Å². The molecular weight excluding hydrogens is 226 g/mol. The second-order valence-corrected chi connectivity index (χ2v) is 4.22. The smallest absolute Gasteiger partial charge is 0.235 e. The Morgan fingerprint density at radius 3 is 3.06 bits per heavy atom. The van der Waals surface area contributed by atoms with Gasteiger partial charge in [0.15, 0.2) is 10.8 Å². The van der Waals surface area contributed by atoms with Gasteiger partial charge in [-0.15, -0.1) is 10.2 Å². The van der Waals surface area contributed by atoms with Crippen LogP contribution in [0.15, 0.2) is 29.6 Å². The number of rotatable bonds is 4. The zero-order chi connectivity index (χ0) is 11.5. The fourth-order valence-corrected chi connectivity index (χ4v) is 2.05. The van der Waals surface area contributed by atoms with Crippen LogP contribution < -0.4 is 11.5 Å². The van der Waals surface area contributed by atoms with Crippen molar-refractivity contribution >= 4 is 23.3 Å². The lowest BCUT2D eigenvalue weighted by atomic mass is 10.3. The van der Waals surface area contributed by atoms with E-state index in [4.69, 9.17) is 11.5 Å². The maximum Gasteiger partial charge on any atom is 0.235 e. The summed E-state index contributed by atoms with van der Waals surface area (Å²) in [6.45, 7) is 0. The molecule has 16 heavy (non-hydrogen) atoms. The Balaban J connectivity index is 2.13. The van der Waals surface area contributed by atoms with Crippen LogP contribution in [0.25, 0.3) is 5.65 Å². The number of aromatic nitrogens is 3. The average Bonchev–Trinajstić information content (AvgIpc) is 2.69. The lowest BCUT2D eigenvalue weighted by Gasteiger charge is -2.04. The number of nitrogens with two attached hydrogens (primary N) is 2. The van der Waals surface area contributed by atoms with E-state index in [-0.39, 0.29) is 0 Å². The highest BCUT2D eigenvalue weighted by molar-refractivity contribution is 7.99. The van der Waals surface area contributed by atoms with Gasteiger partial charge in [-0.25, -0.2) is 0 Å². The van der Waals surface area contributed by atoms with Crippen molar-refractivity contribution in [2.45, 2.75) is 11.2 Å². The van der Waals surface area contributed by atoms with Crippen molar-refractivity contribution in [1.29, 1.82) is 0 Å². The Labute approximate surface area is 96.0 Å². The number of carbonyl (C=O) groups excluding carboxylic acids is 1. The van der Waals surface area contributed by atoms with Crippen LogP contribution in [-0.2, 0) is 4.79 Å². The van der Waals surface area contributed by atoms with Crippen LogP contribution >= 0.6 is 11.8 Å². The number of primary amides is 1. The summed E-state index contributed by atoms with van der Waals surface area (Å²) in [6.07, 6.45) is 1.85. The first kappa shape index (κ1) is 10.9. The van der Waals surface area contributed by atoms with E-state index in [0.717, 1.165) is 5.65 Å². The van der Waals surface area contributed by atoms with E-state index in [1.54, 1.807) is 0 Å². The minimum atomic E-state index is -0.666.